The fourth-order valence-corrected chi connectivity index (χ4v) is 3.33. The van der Waals surface area contributed by atoms with Crippen molar-refractivity contribution < 1.29 is 18.7 Å². The molecule has 0 bridgehead atoms. The number of hydrogen-bond acceptors (Lipinski definition) is 5. The quantitative estimate of drug-likeness (QED) is 0.510. The van der Waals surface area contributed by atoms with Crippen LogP contribution < -0.4 is 0 Å². The highest BCUT2D eigenvalue weighted by Gasteiger charge is 2.16. The number of thiophene rings is 1. The average molecular weight is 342 g/mol. The summed E-state index contributed by atoms with van der Waals surface area (Å²) in [7, 11) is 0. The number of ketones is 1. The zero-order valence-electron chi connectivity index (χ0n) is 13.8. The van der Waals surface area contributed by atoms with Crippen LogP contribution in [0.5, 0.6) is 0 Å². The maximum Gasteiger partial charge on any atom is 0.310 e. The summed E-state index contributed by atoms with van der Waals surface area (Å²) >= 11 is 1.40. The van der Waals surface area contributed by atoms with Gasteiger partial charge >= 0.3 is 5.97 Å². The minimum absolute atomic E-state index is 0.0895. The molecule has 0 amide bonds. The highest BCUT2D eigenvalue weighted by Crippen LogP contribution is 2.27. The molecule has 2 heterocycles. The van der Waals surface area contributed by atoms with Gasteiger partial charge in [-0.1, -0.05) is 12.1 Å². The molecule has 0 N–H and O–H groups in total. The molecule has 0 aliphatic carbocycles. The van der Waals surface area contributed by atoms with Crippen molar-refractivity contribution in [2.45, 2.75) is 27.2 Å². The topological polar surface area (TPSA) is 56.5 Å². The summed E-state index contributed by atoms with van der Waals surface area (Å²) in [5, 5.41) is 0.912. The summed E-state index contributed by atoms with van der Waals surface area (Å²) in [6.07, 6.45) is 1.68. The third-order valence-electron chi connectivity index (χ3n) is 4.06. The summed E-state index contributed by atoms with van der Waals surface area (Å²) < 4.78 is 10.7. The van der Waals surface area contributed by atoms with Crippen molar-refractivity contribution in [1.29, 1.82) is 0 Å². The Morgan fingerprint density at radius 1 is 1.12 bits per heavy atom. The van der Waals surface area contributed by atoms with Gasteiger partial charge in [-0.15, -0.1) is 11.3 Å². The Morgan fingerprint density at radius 3 is 2.62 bits per heavy atom. The number of ether oxygens (including phenoxy) is 1. The molecule has 0 fully saturated rings. The number of benzene rings is 1. The summed E-state index contributed by atoms with van der Waals surface area (Å²) in [4.78, 5) is 25.7. The standard InChI is InChI=1S/C19H18O4S/c1-11-4-6-15-14(9-23-19(15)13(11)3)8-18(21)22-10-16(20)17-7-5-12(2)24-17/h4-7,9H,8,10H2,1-3H3. The lowest BCUT2D eigenvalue weighted by Crippen LogP contribution is -2.14. The molecule has 3 rings (SSSR count). The van der Waals surface area contributed by atoms with E-state index in [1.807, 2.05) is 39.0 Å². The smallest absolute Gasteiger partial charge is 0.310 e. The van der Waals surface area contributed by atoms with Crippen molar-refractivity contribution in [3.8, 4) is 0 Å². The average Bonchev–Trinajstić information content (AvgIpc) is 3.16. The number of furan rings is 1. The largest absolute Gasteiger partial charge is 0.464 e. The van der Waals surface area contributed by atoms with Crippen molar-refractivity contribution in [3.63, 3.8) is 0 Å². The molecule has 0 saturated heterocycles. The second kappa shape index (κ2) is 6.61. The van der Waals surface area contributed by atoms with Crippen molar-refractivity contribution in [2.24, 2.45) is 0 Å². The third kappa shape index (κ3) is 3.26. The predicted molar refractivity (Wildman–Crippen MR) is 93.7 cm³/mol. The molecule has 24 heavy (non-hydrogen) atoms. The molecule has 3 aromatic rings. The van der Waals surface area contributed by atoms with E-state index in [-0.39, 0.29) is 18.8 Å². The molecule has 0 aliphatic rings. The van der Waals surface area contributed by atoms with Crippen LogP contribution in [0.25, 0.3) is 11.0 Å². The maximum atomic E-state index is 12.0. The van der Waals surface area contributed by atoms with E-state index in [0.29, 0.717) is 4.88 Å². The number of aryl methyl sites for hydroxylation is 3. The molecule has 124 valence electrons. The number of esters is 1. The lowest BCUT2D eigenvalue weighted by molar-refractivity contribution is -0.141. The first-order chi connectivity index (χ1) is 11.5. The van der Waals surface area contributed by atoms with Crippen LogP contribution >= 0.6 is 11.3 Å². The second-order valence-corrected chi connectivity index (χ2v) is 7.10. The SMILES string of the molecule is Cc1ccc(C(=O)COC(=O)Cc2coc3c(C)c(C)ccc23)s1. The monoisotopic (exact) mass is 342 g/mol. The molecule has 0 radical (unpaired) electrons. The van der Waals surface area contributed by atoms with Gasteiger partial charge in [0.1, 0.15) is 5.58 Å². The zero-order valence-corrected chi connectivity index (χ0v) is 14.7. The van der Waals surface area contributed by atoms with E-state index in [1.54, 1.807) is 12.3 Å². The van der Waals surface area contributed by atoms with Crippen LogP contribution in [-0.4, -0.2) is 18.4 Å². The van der Waals surface area contributed by atoms with E-state index in [2.05, 4.69) is 0 Å². The van der Waals surface area contributed by atoms with Gasteiger partial charge in [0.25, 0.3) is 0 Å². The lowest BCUT2D eigenvalue weighted by atomic mass is 10.0. The van der Waals surface area contributed by atoms with Gasteiger partial charge in [-0.2, -0.15) is 0 Å². The first-order valence-electron chi connectivity index (χ1n) is 7.67. The van der Waals surface area contributed by atoms with Gasteiger partial charge in [0.2, 0.25) is 5.78 Å². The number of fused-ring (bicyclic) bond motifs is 1. The number of rotatable bonds is 5. The summed E-state index contributed by atoms with van der Waals surface area (Å²) in [5.74, 6) is -0.609. The van der Waals surface area contributed by atoms with Crippen molar-refractivity contribution in [3.05, 3.63) is 57.0 Å². The van der Waals surface area contributed by atoms with Crippen LogP contribution in [-0.2, 0) is 16.0 Å². The highest BCUT2D eigenvalue weighted by atomic mass is 32.1. The Hall–Kier alpha value is -2.40. The van der Waals surface area contributed by atoms with E-state index >= 15 is 0 Å². The van der Waals surface area contributed by atoms with Crippen LogP contribution in [0.4, 0.5) is 0 Å². The van der Waals surface area contributed by atoms with E-state index in [4.69, 9.17) is 9.15 Å². The van der Waals surface area contributed by atoms with Gasteiger partial charge in [-0.3, -0.25) is 9.59 Å². The van der Waals surface area contributed by atoms with Crippen LogP contribution in [0.1, 0.15) is 31.2 Å². The number of carbonyl (C=O) groups is 2. The molecule has 1 aromatic carbocycles. The fourth-order valence-electron chi connectivity index (χ4n) is 2.53. The molecule has 0 aliphatic heterocycles. The Bertz CT molecular complexity index is 917. The van der Waals surface area contributed by atoms with Gasteiger partial charge < -0.3 is 9.15 Å². The van der Waals surface area contributed by atoms with E-state index in [1.165, 1.54) is 11.3 Å². The Morgan fingerprint density at radius 2 is 1.92 bits per heavy atom. The van der Waals surface area contributed by atoms with Gasteiger partial charge in [0, 0.05) is 15.8 Å². The second-order valence-electron chi connectivity index (χ2n) is 5.82. The molecule has 0 saturated carbocycles. The van der Waals surface area contributed by atoms with Crippen LogP contribution in [0.15, 0.2) is 34.9 Å². The maximum absolute atomic E-state index is 12.0. The number of hydrogen-bond donors (Lipinski definition) is 0. The minimum Gasteiger partial charge on any atom is -0.464 e. The molecular formula is C19H18O4S. The zero-order chi connectivity index (χ0) is 17.3. The fraction of sp³-hybridized carbons (Fsp3) is 0.263. The normalized spacial score (nSPS) is 11.0. The minimum atomic E-state index is -0.433. The van der Waals surface area contributed by atoms with E-state index < -0.39 is 5.97 Å². The molecule has 4 nitrogen and oxygen atoms in total. The molecule has 0 atom stereocenters. The summed E-state index contributed by atoms with van der Waals surface area (Å²) in [6.45, 7) is 5.71. The van der Waals surface area contributed by atoms with Crippen molar-refractivity contribution >= 4 is 34.1 Å². The molecule has 0 spiro atoms. The molecule has 5 heteroatoms. The van der Waals surface area contributed by atoms with E-state index in [0.717, 1.165) is 32.5 Å². The predicted octanol–water partition coefficient (Wildman–Crippen LogP) is 4.39. The Balaban J connectivity index is 1.65. The van der Waals surface area contributed by atoms with Crippen LogP contribution in [0.3, 0.4) is 0 Å². The van der Waals surface area contributed by atoms with Gasteiger partial charge in [0.15, 0.2) is 6.61 Å². The Labute approximate surface area is 144 Å². The van der Waals surface area contributed by atoms with E-state index in [9.17, 15) is 9.59 Å². The summed E-state index contributed by atoms with van der Waals surface area (Å²) in [5.41, 5.74) is 3.78. The van der Waals surface area contributed by atoms with Crippen LogP contribution in [0.2, 0.25) is 0 Å². The van der Waals surface area contributed by atoms with Crippen molar-refractivity contribution in [2.75, 3.05) is 6.61 Å². The molecule has 2 aromatic heterocycles. The number of carbonyl (C=O) groups excluding carboxylic acids is 2. The van der Waals surface area contributed by atoms with Gasteiger partial charge in [-0.05, 0) is 44.0 Å². The van der Waals surface area contributed by atoms with Gasteiger partial charge in [0.05, 0.1) is 17.6 Å². The number of Topliss-reactive ketones (excluding diaryl/α,β-unsaturated/α-hetero) is 1. The highest BCUT2D eigenvalue weighted by molar-refractivity contribution is 7.14. The first kappa shape index (κ1) is 16.5. The Kier molecular flexibility index (Phi) is 4.53. The van der Waals surface area contributed by atoms with Gasteiger partial charge in [-0.25, -0.2) is 0 Å². The first-order valence-corrected chi connectivity index (χ1v) is 8.49. The summed E-state index contributed by atoms with van der Waals surface area (Å²) in [6, 6.07) is 7.58. The third-order valence-corrected chi connectivity index (χ3v) is 5.10. The van der Waals surface area contributed by atoms with Crippen LogP contribution in [0, 0.1) is 20.8 Å². The lowest BCUT2D eigenvalue weighted by Gasteiger charge is -2.03. The molecule has 0 unspecified atom stereocenters. The molecular weight excluding hydrogens is 324 g/mol. The van der Waals surface area contributed by atoms with Crippen molar-refractivity contribution in [1.82, 2.24) is 0 Å².